The highest BCUT2D eigenvalue weighted by molar-refractivity contribution is 6.03. The number of nitrogens with one attached hydrogen (secondary N) is 1. The smallest absolute Gasteiger partial charge is 0.415 e. The molecule has 0 radical (unpaired) electrons. The van der Waals surface area contributed by atoms with Crippen LogP contribution in [0, 0.1) is 24.0 Å². The second kappa shape index (κ2) is 6.15. The zero-order valence-corrected chi connectivity index (χ0v) is 11.0. The summed E-state index contributed by atoms with van der Waals surface area (Å²) in [5, 5.41) is 1.73. The van der Waals surface area contributed by atoms with E-state index in [0.717, 1.165) is 18.2 Å². The molecule has 0 saturated heterocycles. The van der Waals surface area contributed by atoms with Crippen LogP contribution in [0.15, 0.2) is 18.2 Å². The number of hydrogen-bond donors (Lipinski definition) is 1. The molecule has 0 aromatic heterocycles. The van der Waals surface area contributed by atoms with Gasteiger partial charge in [-0.05, 0) is 25.5 Å². The highest BCUT2D eigenvalue weighted by Crippen LogP contribution is 2.15. The molecular formula is C14H13F2NO3. The summed E-state index contributed by atoms with van der Waals surface area (Å²) in [6.45, 7) is 3.16. The first kappa shape index (κ1) is 15.6. The lowest BCUT2D eigenvalue weighted by molar-refractivity contribution is 0.0600. The molecule has 0 aliphatic heterocycles. The van der Waals surface area contributed by atoms with Crippen LogP contribution in [0.1, 0.15) is 30.6 Å². The number of carbonyl (C=O) groups is 2. The van der Waals surface area contributed by atoms with Crippen LogP contribution in [0.2, 0.25) is 0 Å². The largest absolute Gasteiger partial charge is 0.430 e. The average Bonchev–Trinajstić information content (AvgIpc) is 2.38. The molecule has 0 fully saturated rings. The summed E-state index contributed by atoms with van der Waals surface area (Å²) < 4.78 is 31.5. The van der Waals surface area contributed by atoms with Gasteiger partial charge in [0.05, 0.1) is 0 Å². The van der Waals surface area contributed by atoms with Crippen LogP contribution in [0.25, 0.3) is 0 Å². The van der Waals surface area contributed by atoms with Gasteiger partial charge in [0.15, 0.2) is 5.60 Å². The predicted molar refractivity (Wildman–Crippen MR) is 67.8 cm³/mol. The Morgan fingerprint density at radius 1 is 1.40 bits per heavy atom. The summed E-state index contributed by atoms with van der Waals surface area (Å²) in [6, 6.07) is 2.91. The Morgan fingerprint density at radius 3 is 2.40 bits per heavy atom. The van der Waals surface area contributed by atoms with E-state index in [1.54, 1.807) is 12.2 Å². The van der Waals surface area contributed by atoms with Gasteiger partial charge in [0.1, 0.15) is 17.2 Å². The maximum Gasteiger partial charge on any atom is 0.415 e. The minimum atomic E-state index is -1.24. The minimum Gasteiger partial charge on any atom is -0.430 e. The van der Waals surface area contributed by atoms with Crippen LogP contribution in [-0.2, 0) is 4.74 Å². The minimum absolute atomic E-state index is 0.319. The number of halogens is 2. The average molecular weight is 281 g/mol. The molecule has 0 aliphatic rings. The number of alkyl carbamates (subject to hydrolysis) is 1. The fraction of sp³-hybridized carbons (Fsp3) is 0.286. The first-order valence-electron chi connectivity index (χ1n) is 5.79. The van der Waals surface area contributed by atoms with Crippen molar-refractivity contribution in [1.29, 1.82) is 0 Å². The molecule has 1 rings (SSSR count). The molecule has 0 spiro atoms. The van der Waals surface area contributed by atoms with Crippen LogP contribution >= 0.6 is 0 Å². The topological polar surface area (TPSA) is 55.4 Å². The van der Waals surface area contributed by atoms with Crippen molar-refractivity contribution < 1.29 is 23.1 Å². The number of carbonyl (C=O) groups excluding carboxylic acids is 2. The van der Waals surface area contributed by atoms with Crippen molar-refractivity contribution in [1.82, 2.24) is 5.32 Å². The second-order valence-electron chi connectivity index (χ2n) is 4.17. The molecule has 0 aliphatic carbocycles. The zero-order chi connectivity index (χ0) is 15.3. The van der Waals surface area contributed by atoms with E-state index in [4.69, 9.17) is 11.2 Å². The van der Waals surface area contributed by atoms with Crippen LogP contribution < -0.4 is 5.32 Å². The van der Waals surface area contributed by atoms with E-state index < -0.39 is 34.8 Å². The van der Waals surface area contributed by atoms with E-state index in [1.165, 1.54) is 6.92 Å². The number of terminal acetylenes is 1. The summed E-state index contributed by atoms with van der Waals surface area (Å²) in [4.78, 5) is 23.1. The summed E-state index contributed by atoms with van der Waals surface area (Å²) in [6.07, 6.45) is 4.35. The van der Waals surface area contributed by atoms with Gasteiger partial charge in [0.25, 0.3) is 5.91 Å². The Balaban J connectivity index is 2.82. The van der Waals surface area contributed by atoms with Crippen molar-refractivity contribution in [2.75, 3.05) is 0 Å². The number of rotatable bonds is 3. The van der Waals surface area contributed by atoms with Crippen LogP contribution in [0.3, 0.4) is 0 Å². The van der Waals surface area contributed by atoms with E-state index in [-0.39, 0.29) is 0 Å². The van der Waals surface area contributed by atoms with Gasteiger partial charge < -0.3 is 4.74 Å². The molecule has 0 saturated carbocycles. The number of amides is 2. The molecule has 0 bridgehead atoms. The standard InChI is InChI=1S/C14H13F2NO3/c1-4-14(3,5-2)20-13(19)17-12(18)11-9(15)7-6-8-10(11)16/h1,6-8H,5H2,2-3H3,(H,17,18,19)/t14-/m0/s1. The quantitative estimate of drug-likeness (QED) is 0.866. The maximum atomic E-state index is 13.3. The van der Waals surface area contributed by atoms with Crippen molar-refractivity contribution in [3.63, 3.8) is 0 Å². The third kappa shape index (κ3) is 3.54. The van der Waals surface area contributed by atoms with Gasteiger partial charge in [-0.1, -0.05) is 18.9 Å². The van der Waals surface area contributed by atoms with Crippen LogP contribution in [0.4, 0.5) is 13.6 Å². The fourth-order valence-corrected chi connectivity index (χ4v) is 1.30. The lowest BCUT2D eigenvalue weighted by Crippen LogP contribution is -2.38. The van der Waals surface area contributed by atoms with Crippen molar-refractivity contribution in [2.45, 2.75) is 25.9 Å². The molecule has 6 heteroatoms. The summed E-state index contributed by atoms with van der Waals surface area (Å²) >= 11 is 0. The van der Waals surface area contributed by atoms with Gasteiger partial charge in [-0.15, -0.1) is 6.42 Å². The highest BCUT2D eigenvalue weighted by atomic mass is 19.1. The van der Waals surface area contributed by atoms with Gasteiger partial charge in [0, 0.05) is 0 Å². The first-order valence-corrected chi connectivity index (χ1v) is 5.79. The van der Waals surface area contributed by atoms with Gasteiger partial charge >= 0.3 is 6.09 Å². The summed E-state index contributed by atoms with van der Waals surface area (Å²) in [5.74, 6) is -1.14. The zero-order valence-electron chi connectivity index (χ0n) is 11.0. The van der Waals surface area contributed by atoms with E-state index >= 15 is 0 Å². The Labute approximate surface area is 115 Å². The van der Waals surface area contributed by atoms with E-state index in [2.05, 4.69) is 5.92 Å². The molecule has 0 heterocycles. The normalized spacial score (nSPS) is 12.9. The van der Waals surface area contributed by atoms with E-state index in [9.17, 15) is 18.4 Å². The molecule has 20 heavy (non-hydrogen) atoms. The van der Waals surface area contributed by atoms with Crippen molar-refractivity contribution >= 4 is 12.0 Å². The third-order valence-corrected chi connectivity index (χ3v) is 2.70. The molecule has 1 N–H and O–H groups in total. The number of hydrogen-bond acceptors (Lipinski definition) is 3. The third-order valence-electron chi connectivity index (χ3n) is 2.70. The Morgan fingerprint density at radius 2 is 1.95 bits per heavy atom. The van der Waals surface area contributed by atoms with Gasteiger partial charge in [0.2, 0.25) is 0 Å². The van der Waals surface area contributed by atoms with Gasteiger partial charge in [-0.25, -0.2) is 13.6 Å². The van der Waals surface area contributed by atoms with E-state index in [0.29, 0.717) is 6.42 Å². The monoisotopic (exact) mass is 281 g/mol. The van der Waals surface area contributed by atoms with Crippen molar-refractivity contribution in [3.05, 3.63) is 35.4 Å². The summed E-state index contributed by atoms with van der Waals surface area (Å²) in [7, 11) is 0. The van der Waals surface area contributed by atoms with E-state index in [1.807, 2.05) is 0 Å². The molecule has 106 valence electrons. The number of imide groups is 1. The molecular weight excluding hydrogens is 268 g/mol. The van der Waals surface area contributed by atoms with Gasteiger partial charge in [-0.3, -0.25) is 10.1 Å². The molecule has 1 aromatic rings. The lowest BCUT2D eigenvalue weighted by Gasteiger charge is -2.21. The predicted octanol–water partition coefficient (Wildman–Crippen LogP) is 2.63. The van der Waals surface area contributed by atoms with Gasteiger partial charge in [-0.2, -0.15) is 0 Å². The van der Waals surface area contributed by atoms with Crippen LogP contribution in [0.5, 0.6) is 0 Å². The first-order chi connectivity index (χ1) is 9.33. The molecule has 1 atom stereocenters. The maximum absolute atomic E-state index is 13.3. The van der Waals surface area contributed by atoms with Crippen molar-refractivity contribution in [3.8, 4) is 12.3 Å². The molecule has 4 nitrogen and oxygen atoms in total. The Kier molecular flexibility index (Phi) is 4.81. The fourth-order valence-electron chi connectivity index (χ4n) is 1.30. The van der Waals surface area contributed by atoms with Crippen molar-refractivity contribution in [2.24, 2.45) is 0 Å². The second-order valence-corrected chi connectivity index (χ2v) is 4.17. The SMILES string of the molecule is C#C[C@@](C)(CC)OC(=O)NC(=O)c1c(F)cccc1F. The molecule has 2 amide bonds. The molecule has 0 unspecified atom stereocenters. The lowest BCUT2D eigenvalue weighted by atomic mass is 10.1. The number of benzene rings is 1. The van der Waals surface area contributed by atoms with Crippen LogP contribution in [-0.4, -0.2) is 17.6 Å². The number of ether oxygens (including phenoxy) is 1. The Hall–Kier alpha value is -2.42. The highest BCUT2D eigenvalue weighted by Gasteiger charge is 2.26. The molecule has 1 aromatic carbocycles. The summed E-state index contributed by atoms with van der Waals surface area (Å²) in [5.41, 5.74) is -2.05. The Bertz CT molecular complexity index is 560.